The zero-order chi connectivity index (χ0) is 13.9. The van der Waals surface area contributed by atoms with Crippen molar-refractivity contribution in [2.75, 3.05) is 18.1 Å². The molecule has 0 aromatic heterocycles. The maximum Gasteiger partial charge on any atom is 0.231 e. The summed E-state index contributed by atoms with van der Waals surface area (Å²) in [6.45, 7) is 3.20. The number of rotatable bonds is 2. The molecule has 0 N–H and O–H groups in total. The molecule has 3 nitrogen and oxygen atoms in total. The van der Waals surface area contributed by atoms with E-state index in [0.717, 1.165) is 22.6 Å². The van der Waals surface area contributed by atoms with Crippen molar-refractivity contribution in [1.82, 2.24) is 0 Å². The van der Waals surface area contributed by atoms with Crippen LogP contribution in [-0.4, -0.2) is 19.1 Å². The smallest absolute Gasteiger partial charge is 0.231 e. The van der Waals surface area contributed by atoms with Crippen LogP contribution in [0, 0.1) is 6.92 Å². The first-order chi connectivity index (χ1) is 9.75. The molecular weight excluding hydrogens is 250 g/mol. The molecule has 0 fully saturated rings. The Morgan fingerprint density at radius 3 is 2.75 bits per heavy atom. The lowest BCUT2D eigenvalue weighted by Crippen LogP contribution is -2.38. The molecule has 1 amide bonds. The minimum absolute atomic E-state index is 0.120. The minimum Gasteiger partial charge on any atom is -0.490 e. The van der Waals surface area contributed by atoms with Gasteiger partial charge < -0.3 is 9.64 Å². The van der Waals surface area contributed by atoms with Gasteiger partial charge in [-0.3, -0.25) is 4.79 Å². The fourth-order valence-electron chi connectivity index (χ4n) is 2.50. The summed E-state index contributed by atoms with van der Waals surface area (Å²) in [5.41, 5.74) is 3.11. The van der Waals surface area contributed by atoms with Crippen LogP contribution in [0.25, 0.3) is 0 Å². The molecule has 0 atom stereocenters. The van der Waals surface area contributed by atoms with Gasteiger partial charge in [0.15, 0.2) is 0 Å². The maximum absolute atomic E-state index is 12.6. The van der Waals surface area contributed by atoms with Crippen molar-refractivity contribution in [2.24, 2.45) is 0 Å². The van der Waals surface area contributed by atoms with Crippen molar-refractivity contribution in [3.05, 3.63) is 59.7 Å². The third-order valence-corrected chi connectivity index (χ3v) is 3.63. The van der Waals surface area contributed by atoms with Crippen LogP contribution in [0.4, 0.5) is 5.69 Å². The fraction of sp³-hybridized carbons (Fsp3) is 0.235. The molecule has 2 aromatic carbocycles. The molecule has 0 spiro atoms. The Morgan fingerprint density at radius 2 is 1.90 bits per heavy atom. The first-order valence-electron chi connectivity index (χ1n) is 6.82. The molecular formula is C17H17NO2. The second-order valence-electron chi connectivity index (χ2n) is 4.96. The monoisotopic (exact) mass is 267 g/mol. The third kappa shape index (κ3) is 2.39. The Labute approximate surface area is 118 Å². The van der Waals surface area contributed by atoms with Crippen LogP contribution >= 0.6 is 0 Å². The van der Waals surface area contributed by atoms with Gasteiger partial charge in [0.05, 0.1) is 18.7 Å². The predicted octanol–water partition coefficient (Wildman–Crippen LogP) is 2.96. The molecule has 1 aliphatic rings. The summed E-state index contributed by atoms with van der Waals surface area (Å²) in [6.07, 6.45) is 0.432. The number of carbonyl (C=O) groups is 1. The van der Waals surface area contributed by atoms with E-state index in [-0.39, 0.29) is 5.91 Å². The number of anilines is 1. The first-order valence-corrected chi connectivity index (χ1v) is 6.82. The SMILES string of the molecule is Cc1ccccc1CC(=O)N1CCOc2ccccc21. The second kappa shape index (κ2) is 5.37. The minimum atomic E-state index is 0.120. The zero-order valence-electron chi connectivity index (χ0n) is 11.5. The summed E-state index contributed by atoms with van der Waals surface area (Å²) in [5, 5.41) is 0. The lowest BCUT2D eigenvalue weighted by atomic mass is 10.0. The average molecular weight is 267 g/mol. The topological polar surface area (TPSA) is 29.5 Å². The molecule has 102 valence electrons. The maximum atomic E-state index is 12.6. The van der Waals surface area contributed by atoms with E-state index >= 15 is 0 Å². The van der Waals surface area contributed by atoms with Gasteiger partial charge in [0.1, 0.15) is 12.4 Å². The Hall–Kier alpha value is -2.29. The third-order valence-electron chi connectivity index (χ3n) is 3.63. The molecule has 0 bridgehead atoms. The van der Waals surface area contributed by atoms with Gasteiger partial charge in [-0.25, -0.2) is 0 Å². The molecule has 0 unspecified atom stereocenters. The van der Waals surface area contributed by atoms with Crippen LogP contribution in [-0.2, 0) is 11.2 Å². The summed E-state index contributed by atoms with van der Waals surface area (Å²) in [4.78, 5) is 14.4. The number of aryl methyl sites for hydroxylation is 1. The summed E-state index contributed by atoms with van der Waals surface area (Å²) in [7, 11) is 0. The number of ether oxygens (including phenoxy) is 1. The number of para-hydroxylation sites is 2. The van der Waals surface area contributed by atoms with Gasteiger partial charge in [-0.2, -0.15) is 0 Å². The van der Waals surface area contributed by atoms with E-state index in [4.69, 9.17) is 4.74 Å². The van der Waals surface area contributed by atoms with Gasteiger partial charge in [-0.05, 0) is 30.2 Å². The second-order valence-corrected chi connectivity index (χ2v) is 4.96. The lowest BCUT2D eigenvalue weighted by Gasteiger charge is -2.29. The van der Waals surface area contributed by atoms with Crippen molar-refractivity contribution in [1.29, 1.82) is 0 Å². The van der Waals surface area contributed by atoms with Crippen LogP contribution in [0.5, 0.6) is 5.75 Å². The van der Waals surface area contributed by atoms with Crippen LogP contribution in [0.3, 0.4) is 0 Å². The predicted molar refractivity (Wildman–Crippen MR) is 79.2 cm³/mol. The number of carbonyl (C=O) groups excluding carboxylic acids is 1. The summed E-state index contributed by atoms with van der Waals surface area (Å²) < 4.78 is 5.58. The number of benzene rings is 2. The molecule has 1 aliphatic heterocycles. The van der Waals surface area contributed by atoms with E-state index in [1.807, 2.05) is 60.4 Å². The van der Waals surface area contributed by atoms with Gasteiger partial charge in [0.2, 0.25) is 5.91 Å². The molecule has 3 heteroatoms. The highest BCUT2D eigenvalue weighted by atomic mass is 16.5. The summed E-state index contributed by atoms with van der Waals surface area (Å²) in [5.74, 6) is 0.909. The number of amides is 1. The van der Waals surface area contributed by atoms with Crippen molar-refractivity contribution in [3.8, 4) is 5.75 Å². The van der Waals surface area contributed by atoms with Crippen LogP contribution in [0.1, 0.15) is 11.1 Å². The zero-order valence-corrected chi connectivity index (χ0v) is 11.5. The molecule has 0 aliphatic carbocycles. The van der Waals surface area contributed by atoms with Crippen molar-refractivity contribution < 1.29 is 9.53 Å². The number of hydrogen-bond acceptors (Lipinski definition) is 2. The number of hydrogen-bond donors (Lipinski definition) is 0. The highest BCUT2D eigenvalue weighted by Crippen LogP contribution is 2.31. The van der Waals surface area contributed by atoms with E-state index in [2.05, 4.69) is 0 Å². The Kier molecular flexibility index (Phi) is 3.42. The molecule has 0 radical (unpaired) electrons. The Balaban J connectivity index is 1.84. The van der Waals surface area contributed by atoms with Gasteiger partial charge >= 0.3 is 0 Å². The lowest BCUT2D eigenvalue weighted by molar-refractivity contribution is -0.118. The quantitative estimate of drug-likeness (QED) is 0.837. The van der Waals surface area contributed by atoms with Gasteiger partial charge in [0.25, 0.3) is 0 Å². The highest BCUT2D eigenvalue weighted by molar-refractivity contribution is 5.96. The molecule has 1 heterocycles. The molecule has 3 rings (SSSR count). The Bertz CT molecular complexity index is 636. The van der Waals surface area contributed by atoms with E-state index in [1.165, 1.54) is 0 Å². The standard InChI is InChI=1S/C17H17NO2/c1-13-6-2-3-7-14(13)12-17(19)18-10-11-20-16-9-5-4-8-15(16)18/h2-9H,10-12H2,1H3. The molecule has 2 aromatic rings. The van der Waals surface area contributed by atoms with Crippen molar-refractivity contribution in [3.63, 3.8) is 0 Å². The molecule has 20 heavy (non-hydrogen) atoms. The van der Waals surface area contributed by atoms with Gasteiger partial charge in [0, 0.05) is 0 Å². The first kappa shape index (κ1) is 12.7. The normalized spacial score (nSPS) is 13.6. The highest BCUT2D eigenvalue weighted by Gasteiger charge is 2.23. The van der Waals surface area contributed by atoms with Crippen LogP contribution < -0.4 is 9.64 Å². The van der Waals surface area contributed by atoms with E-state index < -0.39 is 0 Å². The molecule has 0 saturated heterocycles. The molecule has 0 saturated carbocycles. The van der Waals surface area contributed by atoms with Crippen molar-refractivity contribution in [2.45, 2.75) is 13.3 Å². The van der Waals surface area contributed by atoms with E-state index in [1.54, 1.807) is 0 Å². The van der Waals surface area contributed by atoms with Crippen molar-refractivity contribution >= 4 is 11.6 Å². The summed E-state index contributed by atoms with van der Waals surface area (Å²) in [6, 6.07) is 15.7. The van der Waals surface area contributed by atoms with Gasteiger partial charge in [-0.1, -0.05) is 36.4 Å². The van der Waals surface area contributed by atoms with Crippen LogP contribution in [0.2, 0.25) is 0 Å². The van der Waals surface area contributed by atoms with E-state index in [9.17, 15) is 4.79 Å². The number of nitrogens with zero attached hydrogens (tertiary/aromatic N) is 1. The summed E-state index contributed by atoms with van der Waals surface area (Å²) >= 11 is 0. The average Bonchev–Trinajstić information content (AvgIpc) is 2.49. The van der Waals surface area contributed by atoms with E-state index in [0.29, 0.717) is 19.6 Å². The van der Waals surface area contributed by atoms with Crippen LogP contribution in [0.15, 0.2) is 48.5 Å². The Morgan fingerprint density at radius 1 is 1.15 bits per heavy atom. The fourth-order valence-corrected chi connectivity index (χ4v) is 2.50. The van der Waals surface area contributed by atoms with Gasteiger partial charge in [-0.15, -0.1) is 0 Å². The largest absolute Gasteiger partial charge is 0.490 e. The number of fused-ring (bicyclic) bond motifs is 1.